The second kappa shape index (κ2) is 16.1. The van der Waals surface area contributed by atoms with Gasteiger partial charge in [-0.1, -0.05) is 212 Å². The molecule has 0 amide bonds. The lowest BCUT2D eigenvalue weighted by Crippen LogP contribution is -2.17. The van der Waals surface area contributed by atoms with Gasteiger partial charge in [0.15, 0.2) is 5.84 Å². The highest BCUT2D eigenvalue weighted by Crippen LogP contribution is 2.54. The fourth-order valence-electron chi connectivity index (χ4n) is 11.8. The van der Waals surface area contributed by atoms with Crippen LogP contribution in [0, 0.1) is 5.92 Å². The number of hydrogen-bond donors (Lipinski definition) is 0. The van der Waals surface area contributed by atoms with Gasteiger partial charge in [-0.15, -0.1) is 0 Å². The molecule has 2 nitrogen and oxygen atoms in total. The van der Waals surface area contributed by atoms with Gasteiger partial charge in [-0.2, -0.15) is 0 Å². The molecule has 1 heterocycles. The van der Waals surface area contributed by atoms with Crippen LogP contribution in [-0.2, 0) is 6.42 Å². The number of hydrogen-bond acceptors (Lipinski definition) is 2. The Labute approximate surface area is 387 Å². The SMILES string of the molecule is C1=CC2c3ccccc3C(c3ccc(-c4cccc5c4-c4cc(-c6ccc(-c7ccc(C8=NC(c9ccccc9)=NC(c9ccccc9)C8)cc7)cc6)c6ccccc6c4C5)cc3)C2CC1. The van der Waals surface area contributed by atoms with Crippen molar-refractivity contribution in [3.8, 4) is 44.5 Å². The predicted molar refractivity (Wildman–Crippen MR) is 275 cm³/mol. The minimum atomic E-state index is 0.0197. The maximum atomic E-state index is 5.13. The average molecular weight is 845 g/mol. The van der Waals surface area contributed by atoms with E-state index < -0.39 is 0 Å². The molecule has 2 heteroatoms. The molecule has 0 spiro atoms. The van der Waals surface area contributed by atoms with Crippen LogP contribution in [0.3, 0.4) is 0 Å². The highest BCUT2D eigenvalue weighted by molar-refractivity contribution is 6.14. The third kappa shape index (κ3) is 6.62. The molecule has 0 saturated heterocycles. The van der Waals surface area contributed by atoms with Crippen molar-refractivity contribution in [3.05, 3.63) is 263 Å². The summed E-state index contributed by atoms with van der Waals surface area (Å²) in [7, 11) is 0. The first-order valence-electron chi connectivity index (χ1n) is 23.7. The normalized spacial score (nSPS) is 19.1. The first kappa shape index (κ1) is 38.8. The van der Waals surface area contributed by atoms with Crippen LogP contribution in [0.2, 0.25) is 0 Å². The maximum absolute atomic E-state index is 5.13. The fraction of sp³-hybridized carbons (Fsp3) is 0.125. The van der Waals surface area contributed by atoms with Crippen molar-refractivity contribution in [2.45, 2.75) is 43.6 Å². The quantitative estimate of drug-likeness (QED) is 0.143. The summed E-state index contributed by atoms with van der Waals surface area (Å²) in [6.07, 6.45) is 9.00. The van der Waals surface area contributed by atoms with Crippen molar-refractivity contribution in [3.63, 3.8) is 0 Å². The Balaban J connectivity index is 0.811. The predicted octanol–water partition coefficient (Wildman–Crippen LogP) is 16.0. The van der Waals surface area contributed by atoms with Crippen LogP contribution in [0.1, 0.15) is 81.6 Å². The Hall–Kier alpha value is -7.68. The van der Waals surface area contributed by atoms with E-state index >= 15 is 0 Å². The molecule has 0 fully saturated rings. The summed E-state index contributed by atoms with van der Waals surface area (Å²) in [6, 6.07) is 76.3. The number of aliphatic imine (C=N–C) groups is 2. The molecule has 314 valence electrons. The van der Waals surface area contributed by atoms with Crippen LogP contribution >= 0.6 is 0 Å². The lowest BCUT2D eigenvalue weighted by Gasteiger charge is -2.27. The Morgan fingerprint density at radius 1 is 0.455 bits per heavy atom. The first-order chi connectivity index (χ1) is 32.7. The second-order valence-electron chi connectivity index (χ2n) is 18.6. The third-order valence-electron chi connectivity index (χ3n) is 15.0. The molecule has 0 saturated carbocycles. The van der Waals surface area contributed by atoms with Gasteiger partial charge in [-0.25, -0.2) is 4.99 Å². The molecule has 4 atom stereocenters. The van der Waals surface area contributed by atoms with E-state index in [9.17, 15) is 0 Å². The largest absolute Gasteiger partial charge is 0.258 e. The monoisotopic (exact) mass is 844 g/mol. The van der Waals surface area contributed by atoms with Crippen LogP contribution in [0.5, 0.6) is 0 Å². The highest BCUT2D eigenvalue weighted by Gasteiger charge is 2.40. The van der Waals surface area contributed by atoms with Crippen LogP contribution in [0.25, 0.3) is 55.3 Å². The smallest absolute Gasteiger partial charge is 0.155 e. The summed E-state index contributed by atoms with van der Waals surface area (Å²) in [6.45, 7) is 0. The van der Waals surface area contributed by atoms with E-state index in [4.69, 9.17) is 9.98 Å². The van der Waals surface area contributed by atoms with E-state index in [1.54, 1.807) is 0 Å². The van der Waals surface area contributed by atoms with Gasteiger partial charge in [-0.3, -0.25) is 4.99 Å². The molecule has 0 bridgehead atoms. The molecule has 9 aromatic rings. The number of nitrogens with zero attached hydrogens (tertiary/aromatic N) is 2. The van der Waals surface area contributed by atoms with E-state index in [0.29, 0.717) is 17.8 Å². The zero-order valence-electron chi connectivity index (χ0n) is 36.8. The summed E-state index contributed by atoms with van der Waals surface area (Å²) in [5.74, 6) is 2.40. The van der Waals surface area contributed by atoms with Gasteiger partial charge in [0.25, 0.3) is 0 Å². The minimum absolute atomic E-state index is 0.0197. The highest BCUT2D eigenvalue weighted by atomic mass is 15.0. The first-order valence-corrected chi connectivity index (χ1v) is 23.7. The van der Waals surface area contributed by atoms with Gasteiger partial charge >= 0.3 is 0 Å². The Bertz CT molecular complexity index is 3390. The van der Waals surface area contributed by atoms with E-state index in [1.165, 1.54) is 102 Å². The summed E-state index contributed by atoms with van der Waals surface area (Å²) >= 11 is 0. The van der Waals surface area contributed by atoms with E-state index in [2.05, 4.69) is 212 Å². The fourth-order valence-corrected chi connectivity index (χ4v) is 11.8. The molecule has 9 aromatic carbocycles. The van der Waals surface area contributed by atoms with Crippen LogP contribution in [0.15, 0.2) is 228 Å². The zero-order chi connectivity index (χ0) is 43.6. The van der Waals surface area contributed by atoms with E-state index in [0.717, 1.165) is 35.5 Å². The molecule has 0 aromatic heterocycles. The van der Waals surface area contributed by atoms with Gasteiger partial charge in [0.05, 0.1) is 11.8 Å². The standard InChI is InChI=1S/C64H48N2/c1-3-14-45(15-4-1)60-40-61(66-64(65-60)48-16-5-2-6-17-48)46-34-28-42(29-35-46)41-26-30-44(31-27-41)57-39-59-58(54-22-8-7-21-53(54)57)38-49-18-13-25-50(63(49)59)43-32-36-47(37-33-43)62-55-23-11-9-19-51(55)52-20-10-12-24-56(52)62/h1-11,13-23,25-37,39,52,56,60,62H,12,24,38,40H2. The van der Waals surface area contributed by atoms with Crippen LogP contribution < -0.4 is 0 Å². The van der Waals surface area contributed by atoms with Crippen molar-refractivity contribution in [1.29, 1.82) is 0 Å². The topological polar surface area (TPSA) is 24.7 Å². The molecular formula is C64H48N2. The molecule has 3 aliphatic carbocycles. The summed E-state index contributed by atoms with van der Waals surface area (Å²) in [5, 5.41) is 2.65. The van der Waals surface area contributed by atoms with Crippen LogP contribution in [-0.4, -0.2) is 11.5 Å². The zero-order valence-corrected chi connectivity index (χ0v) is 36.8. The number of allylic oxidation sites excluding steroid dienone is 2. The lowest BCUT2D eigenvalue weighted by molar-refractivity contribution is 0.420. The third-order valence-corrected chi connectivity index (χ3v) is 15.0. The molecule has 4 aliphatic rings. The molecule has 66 heavy (non-hydrogen) atoms. The Morgan fingerprint density at radius 3 is 1.86 bits per heavy atom. The molecule has 13 rings (SSSR count). The number of amidine groups is 1. The van der Waals surface area contributed by atoms with Gasteiger partial charge < -0.3 is 0 Å². The van der Waals surface area contributed by atoms with Gasteiger partial charge in [0.1, 0.15) is 0 Å². The van der Waals surface area contributed by atoms with Gasteiger partial charge in [0, 0.05) is 23.8 Å². The van der Waals surface area contributed by atoms with Crippen LogP contribution in [0.4, 0.5) is 0 Å². The maximum Gasteiger partial charge on any atom is 0.155 e. The molecule has 4 unspecified atom stereocenters. The number of rotatable bonds is 7. The number of benzene rings is 9. The average Bonchev–Trinajstić information content (AvgIpc) is 3.95. The van der Waals surface area contributed by atoms with Crippen molar-refractivity contribution in [2.24, 2.45) is 15.9 Å². The Morgan fingerprint density at radius 2 is 1.09 bits per heavy atom. The molecule has 0 N–H and O–H groups in total. The summed E-state index contributed by atoms with van der Waals surface area (Å²) < 4.78 is 0. The molecule has 0 radical (unpaired) electrons. The van der Waals surface area contributed by atoms with Crippen molar-refractivity contribution in [1.82, 2.24) is 0 Å². The van der Waals surface area contributed by atoms with E-state index in [-0.39, 0.29) is 6.04 Å². The number of fused-ring (bicyclic) bond motifs is 8. The van der Waals surface area contributed by atoms with Crippen molar-refractivity contribution >= 4 is 22.3 Å². The minimum Gasteiger partial charge on any atom is -0.258 e. The lowest BCUT2D eigenvalue weighted by atomic mass is 9.77. The summed E-state index contributed by atoms with van der Waals surface area (Å²) in [5.41, 5.74) is 22.0. The summed E-state index contributed by atoms with van der Waals surface area (Å²) in [4.78, 5) is 10.3. The van der Waals surface area contributed by atoms with Crippen molar-refractivity contribution in [2.75, 3.05) is 0 Å². The Kier molecular flexibility index (Phi) is 9.44. The van der Waals surface area contributed by atoms with Gasteiger partial charge in [-0.05, 0) is 125 Å². The molecular weight excluding hydrogens is 797 g/mol. The van der Waals surface area contributed by atoms with Crippen molar-refractivity contribution < 1.29 is 0 Å². The molecule has 1 aliphatic heterocycles. The van der Waals surface area contributed by atoms with Gasteiger partial charge in [0.2, 0.25) is 0 Å². The second-order valence-corrected chi connectivity index (χ2v) is 18.6. The van der Waals surface area contributed by atoms with E-state index in [1.807, 2.05) is 6.07 Å².